The predicted molar refractivity (Wildman–Crippen MR) is 71.0 cm³/mol. The van der Waals surface area contributed by atoms with E-state index in [1.54, 1.807) is 30.3 Å². The molecule has 0 aliphatic rings. The van der Waals surface area contributed by atoms with E-state index in [0.717, 1.165) is 5.01 Å². The van der Waals surface area contributed by atoms with Gasteiger partial charge in [0.1, 0.15) is 0 Å². The van der Waals surface area contributed by atoms with Crippen LogP contribution in [0.4, 0.5) is 5.69 Å². The van der Waals surface area contributed by atoms with Crippen molar-refractivity contribution in [2.75, 3.05) is 12.1 Å². The zero-order valence-electron chi connectivity index (χ0n) is 11.0. The van der Waals surface area contributed by atoms with E-state index in [2.05, 4.69) is 10.7 Å². The highest BCUT2D eigenvalue weighted by molar-refractivity contribution is 6.35. The molecule has 0 spiro atoms. The second-order valence-corrected chi connectivity index (χ2v) is 3.83. The van der Waals surface area contributed by atoms with Gasteiger partial charge in [0.2, 0.25) is 5.91 Å². The van der Waals surface area contributed by atoms with Crippen LogP contribution < -0.4 is 15.8 Å². The number of likely N-dealkylation sites (N-methyl/N-ethyl adjacent to an activating group) is 1. The number of carbonyl (C=O) groups excluding carboxylic acids is 3. The fourth-order valence-corrected chi connectivity index (χ4v) is 1.44. The highest BCUT2D eigenvalue weighted by Crippen LogP contribution is 2.12. The summed E-state index contributed by atoms with van der Waals surface area (Å²) < 4.78 is 0. The van der Waals surface area contributed by atoms with Gasteiger partial charge in [-0.2, -0.15) is 0 Å². The third-order valence-corrected chi connectivity index (χ3v) is 2.37. The average molecular weight is 263 g/mol. The van der Waals surface area contributed by atoms with Crippen LogP contribution in [0.25, 0.3) is 0 Å². The topological polar surface area (TPSA) is 78.5 Å². The summed E-state index contributed by atoms with van der Waals surface area (Å²) in [6.07, 6.45) is 0.931. The lowest BCUT2D eigenvalue weighted by atomic mass is 10.2. The Balaban J connectivity index is 2.91. The largest absolute Gasteiger partial charge is 0.351 e. The summed E-state index contributed by atoms with van der Waals surface area (Å²) in [5.41, 5.74) is 2.81. The van der Waals surface area contributed by atoms with Gasteiger partial charge in [-0.15, -0.1) is 0 Å². The van der Waals surface area contributed by atoms with Crippen molar-refractivity contribution in [3.05, 3.63) is 30.3 Å². The highest BCUT2D eigenvalue weighted by atomic mass is 16.2. The second-order valence-electron chi connectivity index (χ2n) is 3.83. The monoisotopic (exact) mass is 263 g/mol. The third-order valence-electron chi connectivity index (χ3n) is 2.37. The molecule has 19 heavy (non-hydrogen) atoms. The molecule has 1 aromatic rings. The predicted octanol–water partition coefficient (Wildman–Crippen LogP) is 0.597. The van der Waals surface area contributed by atoms with Crippen LogP contribution in [-0.4, -0.2) is 24.8 Å². The maximum atomic E-state index is 12.0. The van der Waals surface area contributed by atoms with E-state index in [1.807, 2.05) is 6.92 Å². The lowest BCUT2D eigenvalue weighted by Gasteiger charge is -2.22. The normalized spacial score (nSPS) is 9.58. The van der Waals surface area contributed by atoms with E-state index in [0.29, 0.717) is 12.1 Å². The molecule has 0 aliphatic carbocycles. The molecule has 0 atom stereocenters. The Hall–Kier alpha value is -2.37. The van der Waals surface area contributed by atoms with Gasteiger partial charge in [-0.25, -0.2) is 5.01 Å². The van der Waals surface area contributed by atoms with E-state index >= 15 is 0 Å². The van der Waals surface area contributed by atoms with Gasteiger partial charge in [-0.3, -0.25) is 19.8 Å². The van der Waals surface area contributed by atoms with Crippen molar-refractivity contribution in [1.82, 2.24) is 10.7 Å². The Morgan fingerprint density at radius 3 is 2.26 bits per heavy atom. The zero-order chi connectivity index (χ0) is 14.3. The summed E-state index contributed by atoms with van der Waals surface area (Å²) in [4.78, 5) is 34.7. The van der Waals surface area contributed by atoms with E-state index in [-0.39, 0.29) is 12.3 Å². The molecule has 2 N–H and O–H groups in total. The van der Waals surface area contributed by atoms with Gasteiger partial charge in [0.15, 0.2) is 0 Å². The number of amides is 3. The van der Waals surface area contributed by atoms with Gasteiger partial charge in [0.25, 0.3) is 0 Å². The van der Waals surface area contributed by atoms with Gasteiger partial charge in [0.05, 0.1) is 5.69 Å². The molecule has 3 amide bonds. The van der Waals surface area contributed by atoms with Crippen LogP contribution >= 0.6 is 0 Å². The minimum atomic E-state index is -0.879. The molecule has 6 heteroatoms. The minimum Gasteiger partial charge on any atom is -0.351 e. The van der Waals surface area contributed by atoms with Crippen LogP contribution in [0, 0.1) is 0 Å². The summed E-state index contributed by atoms with van der Waals surface area (Å²) in [6.45, 7) is 1.86. The molecule has 102 valence electrons. The SMILES string of the molecule is CCCC(=O)N(NC(=O)C(=O)NC)c1ccccc1. The maximum absolute atomic E-state index is 12.0. The Morgan fingerprint density at radius 2 is 1.74 bits per heavy atom. The Labute approximate surface area is 111 Å². The fraction of sp³-hybridized carbons (Fsp3) is 0.308. The zero-order valence-corrected chi connectivity index (χ0v) is 11.0. The number of hydrogen-bond acceptors (Lipinski definition) is 3. The van der Waals surface area contributed by atoms with Crippen LogP contribution in [0.3, 0.4) is 0 Å². The second kappa shape index (κ2) is 7.15. The molecule has 0 heterocycles. The lowest BCUT2D eigenvalue weighted by molar-refractivity contribution is -0.139. The summed E-state index contributed by atoms with van der Waals surface area (Å²) in [7, 11) is 1.35. The molecule has 0 aliphatic heterocycles. The quantitative estimate of drug-likeness (QED) is 0.619. The summed E-state index contributed by atoms with van der Waals surface area (Å²) in [5, 5.41) is 3.30. The Morgan fingerprint density at radius 1 is 1.11 bits per heavy atom. The Bertz CT molecular complexity index is 459. The van der Waals surface area contributed by atoms with Crippen LogP contribution in [0.2, 0.25) is 0 Å². The van der Waals surface area contributed by atoms with Crippen molar-refractivity contribution in [2.45, 2.75) is 19.8 Å². The number of nitrogens with zero attached hydrogens (tertiary/aromatic N) is 1. The molecule has 6 nitrogen and oxygen atoms in total. The molecule has 0 aromatic heterocycles. The van der Waals surface area contributed by atoms with Crippen molar-refractivity contribution in [2.24, 2.45) is 0 Å². The van der Waals surface area contributed by atoms with Gasteiger partial charge in [-0.1, -0.05) is 25.1 Å². The highest BCUT2D eigenvalue weighted by Gasteiger charge is 2.20. The molecule has 0 radical (unpaired) electrons. The van der Waals surface area contributed by atoms with Gasteiger partial charge >= 0.3 is 11.8 Å². The number of anilines is 1. The van der Waals surface area contributed by atoms with Crippen LogP contribution in [0.5, 0.6) is 0 Å². The van der Waals surface area contributed by atoms with Crippen LogP contribution in [-0.2, 0) is 14.4 Å². The molecule has 0 fully saturated rings. The van der Waals surface area contributed by atoms with Crippen molar-refractivity contribution >= 4 is 23.4 Å². The first-order valence-corrected chi connectivity index (χ1v) is 6.00. The lowest BCUT2D eigenvalue weighted by Crippen LogP contribution is -2.51. The van der Waals surface area contributed by atoms with Crippen molar-refractivity contribution in [1.29, 1.82) is 0 Å². The smallest absolute Gasteiger partial charge is 0.328 e. The molecule has 0 bridgehead atoms. The summed E-state index contributed by atoms with van der Waals surface area (Å²) in [5.74, 6) is -1.95. The number of rotatable bonds is 3. The van der Waals surface area contributed by atoms with Crippen LogP contribution in [0.15, 0.2) is 30.3 Å². The molecule has 0 unspecified atom stereocenters. The first-order chi connectivity index (χ1) is 9.10. The van der Waals surface area contributed by atoms with Crippen molar-refractivity contribution < 1.29 is 14.4 Å². The van der Waals surface area contributed by atoms with E-state index in [9.17, 15) is 14.4 Å². The number of carbonyl (C=O) groups is 3. The first-order valence-electron chi connectivity index (χ1n) is 6.00. The number of nitrogens with one attached hydrogen (secondary N) is 2. The molecular weight excluding hydrogens is 246 g/mol. The van der Waals surface area contributed by atoms with E-state index < -0.39 is 11.8 Å². The van der Waals surface area contributed by atoms with Gasteiger partial charge < -0.3 is 5.32 Å². The molecular formula is C13H17N3O3. The van der Waals surface area contributed by atoms with E-state index in [4.69, 9.17) is 0 Å². The van der Waals surface area contributed by atoms with Crippen LogP contribution in [0.1, 0.15) is 19.8 Å². The van der Waals surface area contributed by atoms with Crippen molar-refractivity contribution in [3.63, 3.8) is 0 Å². The fourth-order valence-electron chi connectivity index (χ4n) is 1.44. The number of para-hydroxylation sites is 1. The molecule has 1 rings (SSSR count). The summed E-state index contributed by atoms with van der Waals surface area (Å²) >= 11 is 0. The number of hydrazine groups is 1. The molecule has 1 aromatic carbocycles. The summed E-state index contributed by atoms with van der Waals surface area (Å²) in [6, 6.07) is 8.64. The average Bonchev–Trinajstić information content (AvgIpc) is 2.44. The maximum Gasteiger partial charge on any atom is 0.328 e. The Kier molecular flexibility index (Phi) is 5.53. The van der Waals surface area contributed by atoms with Crippen molar-refractivity contribution in [3.8, 4) is 0 Å². The first kappa shape index (κ1) is 14.7. The third kappa shape index (κ3) is 4.09. The molecule has 0 saturated carbocycles. The number of hydrogen-bond donors (Lipinski definition) is 2. The minimum absolute atomic E-state index is 0.272. The van der Waals surface area contributed by atoms with Gasteiger partial charge in [-0.05, 0) is 18.6 Å². The van der Waals surface area contributed by atoms with E-state index in [1.165, 1.54) is 7.05 Å². The van der Waals surface area contributed by atoms with Gasteiger partial charge in [0, 0.05) is 13.5 Å². The standard InChI is InChI=1S/C13H17N3O3/c1-3-7-11(17)16(10-8-5-4-6-9-10)15-13(19)12(18)14-2/h4-6,8-9H,3,7H2,1-2H3,(H,14,18)(H,15,19). The molecule has 0 saturated heterocycles. The number of benzene rings is 1.